The molecule has 7 heteroatoms. The second-order valence-corrected chi connectivity index (χ2v) is 6.56. The fraction of sp³-hybridized carbons (Fsp3) is 0.333. The Morgan fingerprint density at radius 1 is 1.24 bits per heavy atom. The summed E-state index contributed by atoms with van der Waals surface area (Å²) in [4.78, 5) is 21.2. The van der Waals surface area contributed by atoms with Gasteiger partial charge in [-0.25, -0.2) is 4.98 Å². The number of carbonyl (C=O) groups excluding carboxylic acids is 1. The third-order valence-corrected chi connectivity index (χ3v) is 4.65. The predicted octanol–water partition coefficient (Wildman–Crippen LogP) is 3.75. The van der Waals surface area contributed by atoms with Crippen LogP contribution in [-0.4, -0.2) is 25.7 Å². The van der Waals surface area contributed by atoms with Gasteiger partial charge in [-0.05, 0) is 29.7 Å². The molecule has 0 radical (unpaired) electrons. The monoisotopic (exact) mass is 355 g/mol. The summed E-state index contributed by atoms with van der Waals surface area (Å²) in [5, 5.41) is 8.30. The largest absolute Gasteiger partial charge is 0.325 e. The lowest BCUT2D eigenvalue weighted by Crippen LogP contribution is -2.15. The van der Waals surface area contributed by atoms with Crippen LogP contribution in [-0.2, 0) is 11.3 Å². The molecule has 0 bridgehead atoms. The summed E-state index contributed by atoms with van der Waals surface area (Å²) >= 11 is 6.11. The van der Waals surface area contributed by atoms with E-state index in [1.54, 1.807) is 0 Å². The smallest absolute Gasteiger partial charge is 0.238 e. The molecule has 1 unspecified atom stereocenters. The molecule has 25 heavy (non-hydrogen) atoms. The van der Waals surface area contributed by atoms with Crippen molar-refractivity contribution >= 4 is 34.2 Å². The van der Waals surface area contributed by atoms with E-state index in [1.807, 2.05) is 35.1 Å². The summed E-state index contributed by atoms with van der Waals surface area (Å²) in [6.07, 6.45) is 5.27. The highest BCUT2D eigenvalue weighted by atomic mass is 35.5. The normalized spacial score (nSPS) is 16.2. The van der Waals surface area contributed by atoms with E-state index in [2.05, 4.69) is 27.3 Å². The number of hydrogen-bond acceptors (Lipinski definition) is 4. The van der Waals surface area contributed by atoms with Gasteiger partial charge >= 0.3 is 0 Å². The van der Waals surface area contributed by atoms with Crippen molar-refractivity contribution < 1.29 is 4.79 Å². The first-order chi connectivity index (χ1) is 12.2. The van der Waals surface area contributed by atoms with Crippen LogP contribution in [0.25, 0.3) is 11.0 Å². The Morgan fingerprint density at radius 2 is 2.08 bits per heavy atom. The fourth-order valence-electron chi connectivity index (χ4n) is 3.29. The molecule has 0 fully saturated rings. The maximum Gasteiger partial charge on any atom is 0.238 e. The Kier molecular flexibility index (Phi) is 4.13. The number of benzene rings is 1. The molecular formula is C18H18ClN5O. The van der Waals surface area contributed by atoms with E-state index >= 15 is 0 Å². The molecule has 0 spiro atoms. The predicted molar refractivity (Wildman–Crippen MR) is 96.8 cm³/mol. The average molecular weight is 356 g/mol. The van der Waals surface area contributed by atoms with Gasteiger partial charge in [0.15, 0.2) is 5.65 Å². The molecule has 1 amide bonds. The highest BCUT2D eigenvalue weighted by Gasteiger charge is 2.34. The molecule has 1 aromatic carbocycles. The van der Waals surface area contributed by atoms with Crippen LogP contribution in [0.1, 0.15) is 43.4 Å². The highest BCUT2D eigenvalue weighted by molar-refractivity contribution is 6.28. The van der Waals surface area contributed by atoms with E-state index in [0.29, 0.717) is 11.3 Å². The maximum absolute atomic E-state index is 12.6. The Balaban J connectivity index is 1.80. The molecule has 1 aliphatic heterocycles. The van der Waals surface area contributed by atoms with Gasteiger partial charge in [0.25, 0.3) is 0 Å². The van der Waals surface area contributed by atoms with Gasteiger partial charge < -0.3 is 5.32 Å². The minimum atomic E-state index is -0.493. The van der Waals surface area contributed by atoms with Gasteiger partial charge in [-0.2, -0.15) is 10.1 Å². The number of nitrogens with one attached hydrogen (secondary N) is 1. The molecule has 1 atom stereocenters. The van der Waals surface area contributed by atoms with Crippen LogP contribution in [0, 0.1) is 0 Å². The standard InChI is InChI=1S/C18H18ClN5O/c1-2-3-6-9-24-10-12-15(21-18(19)22-16(12)23-24)14-11-7-4-5-8-13(11)20-17(14)25/h4-5,7-8,10,14H,2-3,6,9H2,1H3,(H,20,25). The Hall–Kier alpha value is -2.47. The number of aromatic nitrogens is 4. The number of unbranched alkanes of at least 4 members (excludes halogenated alkanes) is 2. The third kappa shape index (κ3) is 2.87. The lowest BCUT2D eigenvalue weighted by atomic mass is 9.95. The van der Waals surface area contributed by atoms with Crippen molar-refractivity contribution in [1.82, 2.24) is 19.7 Å². The number of amides is 1. The summed E-state index contributed by atoms with van der Waals surface area (Å²) in [7, 11) is 0. The van der Waals surface area contributed by atoms with Gasteiger partial charge in [-0.15, -0.1) is 0 Å². The zero-order chi connectivity index (χ0) is 17.4. The number of para-hydroxylation sites is 1. The number of carbonyl (C=O) groups is 1. The summed E-state index contributed by atoms with van der Waals surface area (Å²) in [6.45, 7) is 2.98. The molecule has 128 valence electrons. The third-order valence-electron chi connectivity index (χ3n) is 4.49. The molecule has 3 heterocycles. The maximum atomic E-state index is 12.6. The number of aryl methyl sites for hydroxylation is 1. The number of hydrogen-bond donors (Lipinski definition) is 1. The van der Waals surface area contributed by atoms with Gasteiger partial charge in [0.2, 0.25) is 11.2 Å². The van der Waals surface area contributed by atoms with Crippen LogP contribution in [0.3, 0.4) is 0 Å². The Labute approximate surface area is 150 Å². The number of anilines is 1. The molecule has 6 nitrogen and oxygen atoms in total. The SMILES string of the molecule is CCCCCn1cc2c(C3C(=O)Nc4ccccc43)nc(Cl)nc2n1. The van der Waals surface area contributed by atoms with Gasteiger partial charge in [0.1, 0.15) is 5.92 Å². The topological polar surface area (TPSA) is 72.7 Å². The summed E-state index contributed by atoms with van der Waals surface area (Å²) in [5.74, 6) is -0.594. The quantitative estimate of drug-likeness (QED) is 0.558. The minimum absolute atomic E-state index is 0.101. The number of nitrogens with zero attached hydrogens (tertiary/aromatic N) is 4. The van der Waals surface area contributed by atoms with E-state index in [9.17, 15) is 4.79 Å². The van der Waals surface area contributed by atoms with Crippen molar-refractivity contribution in [2.75, 3.05) is 5.32 Å². The van der Waals surface area contributed by atoms with Gasteiger partial charge in [0, 0.05) is 18.4 Å². The van der Waals surface area contributed by atoms with Crippen molar-refractivity contribution in [3.63, 3.8) is 0 Å². The molecule has 1 aliphatic rings. The Bertz CT molecular complexity index is 952. The zero-order valence-electron chi connectivity index (χ0n) is 13.9. The molecule has 0 aliphatic carbocycles. The summed E-state index contributed by atoms with van der Waals surface area (Å²) in [5.41, 5.74) is 2.86. The molecule has 4 rings (SSSR count). The lowest BCUT2D eigenvalue weighted by molar-refractivity contribution is -0.116. The van der Waals surface area contributed by atoms with Crippen molar-refractivity contribution in [3.8, 4) is 0 Å². The van der Waals surface area contributed by atoms with Gasteiger partial charge in [0.05, 0.1) is 11.1 Å². The zero-order valence-corrected chi connectivity index (χ0v) is 14.6. The van der Waals surface area contributed by atoms with E-state index in [1.165, 1.54) is 0 Å². The first-order valence-electron chi connectivity index (χ1n) is 8.47. The van der Waals surface area contributed by atoms with Crippen molar-refractivity contribution in [3.05, 3.63) is 47.0 Å². The van der Waals surface area contributed by atoms with Crippen LogP contribution in [0.15, 0.2) is 30.5 Å². The average Bonchev–Trinajstić information content (AvgIpc) is 3.14. The van der Waals surface area contributed by atoms with Crippen LogP contribution < -0.4 is 5.32 Å². The minimum Gasteiger partial charge on any atom is -0.325 e. The second kappa shape index (κ2) is 6.44. The molecule has 3 aromatic rings. The molecule has 0 saturated heterocycles. The summed E-state index contributed by atoms with van der Waals surface area (Å²) in [6, 6.07) is 7.64. The molecule has 2 aromatic heterocycles. The first kappa shape index (κ1) is 16.0. The number of fused-ring (bicyclic) bond motifs is 2. The Morgan fingerprint density at radius 3 is 2.92 bits per heavy atom. The first-order valence-corrected chi connectivity index (χ1v) is 8.85. The van der Waals surface area contributed by atoms with Crippen LogP contribution >= 0.6 is 11.6 Å². The van der Waals surface area contributed by atoms with Crippen molar-refractivity contribution in [2.24, 2.45) is 0 Å². The van der Waals surface area contributed by atoms with Crippen LogP contribution in [0.5, 0.6) is 0 Å². The lowest BCUT2D eigenvalue weighted by Gasteiger charge is -2.09. The second-order valence-electron chi connectivity index (χ2n) is 6.22. The van der Waals surface area contributed by atoms with Crippen molar-refractivity contribution in [1.29, 1.82) is 0 Å². The molecule has 1 N–H and O–H groups in total. The van der Waals surface area contributed by atoms with Gasteiger partial charge in [-0.1, -0.05) is 38.0 Å². The summed E-state index contributed by atoms with van der Waals surface area (Å²) < 4.78 is 1.87. The number of halogens is 1. The van der Waals surface area contributed by atoms with Crippen molar-refractivity contribution in [2.45, 2.75) is 38.6 Å². The van der Waals surface area contributed by atoms with E-state index < -0.39 is 5.92 Å². The van der Waals surface area contributed by atoms with E-state index in [0.717, 1.165) is 42.4 Å². The van der Waals surface area contributed by atoms with E-state index in [4.69, 9.17) is 11.6 Å². The molecule has 0 saturated carbocycles. The molecular weight excluding hydrogens is 338 g/mol. The fourth-order valence-corrected chi connectivity index (χ4v) is 3.46. The van der Waals surface area contributed by atoms with Gasteiger partial charge in [-0.3, -0.25) is 9.48 Å². The highest BCUT2D eigenvalue weighted by Crippen LogP contribution is 2.38. The number of rotatable bonds is 5. The van der Waals surface area contributed by atoms with E-state index in [-0.39, 0.29) is 11.2 Å². The van der Waals surface area contributed by atoms with Crippen LogP contribution in [0.4, 0.5) is 5.69 Å². The van der Waals surface area contributed by atoms with Crippen LogP contribution in [0.2, 0.25) is 5.28 Å².